The third-order valence-electron chi connectivity index (χ3n) is 3.57. The van der Waals surface area contributed by atoms with Crippen molar-refractivity contribution in [3.63, 3.8) is 0 Å². The molecule has 2 N–H and O–H groups in total. The number of pyridine rings is 2. The maximum atomic E-state index is 5.62. The first-order valence-corrected chi connectivity index (χ1v) is 6.97. The smallest absolute Gasteiger partial charge is 0.137 e. The number of hydrogen-bond donors (Lipinski definition) is 1. The second-order valence-electron chi connectivity index (χ2n) is 5.07. The van der Waals surface area contributed by atoms with Gasteiger partial charge in [-0.25, -0.2) is 9.97 Å². The molecule has 3 heterocycles. The van der Waals surface area contributed by atoms with Gasteiger partial charge in [-0.05, 0) is 47.5 Å². The molecule has 0 bridgehead atoms. The summed E-state index contributed by atoms with van der Waals surface area (Å²) in [4.78, 5) is 8.74. The van der Waals surface area contributed by atoms with Gasteiger partial charge in [-0.2, -0.15) is 0 Å². The van der Waals surface area contributed by atoms with Gasteiger partial charge in [0.25, 0.3) is 0 Å². The van der Waals surface area contributed by atoms with Crippen molar-refractivity contribution in [1.82, 2.24) is 14.4 Å². The van der Waals surface area contributed by atoms with Crippen molar-refractivity contribution in [3.8, 4) is 22.4 Å². The lowest BCUT2D eigenvalue weighted by Gasteiger charge is -2.01. The Balaban J connectivity index is 1.80. The lowest BCUT2D eigenvalue weighted by atomic mass is 10.1. The maximum absolute atomic E-state index is 5.62. The number of nitrogens with zero attached hydrogens (tertiary/aromatic N) is 3. The highest BCUT2D eigenvalue weighted by Gasteiger charge is 2.06. The Labute approximate surface area is 127 Å². The van der Waals surface area contributed by atoms with E-state index >= 15 is 0 Å². The Bertz CT molecular complexity index is 924. The molecule has 1 aromatic carbocycles. The van der Waals surface area contributed by atoms with Gasteiger partial charge >= 0.3 is 0 Å². The fraction of sp³-hybridized carbons (Fsp3) is 0. The lowest BCUT2D eigenvalue weighted by Crippen LogP contribution is -1.88. The number of aromatic nitrogens is 3. The molecule has 0 spiro atoms. The number of rotatable bonds is 2. The van der Waals surface area contributed by atoms with Gasteiger partial charge in [0.2, 0.25) is 0 Å². The summed E-state index contributed by atoms with van der Waals surface area (Å²) in [6.07, 6.45) is 5.81. The Hall–Kier alpha value is -3.14. The number of fused-ring (bicyclic) bond motifs is 1. The molecule has 1 radical (unpaired) electrons. The fourth-order valence-corrected chi connectivity index (χ4v) is 2.43. The molecule has 22 heavy (non-hydrogen) atoms. The van der Waals surface area contributed by atoms with Crippen LogP contribution in [0.4, 0.5) is 5.82 Å². The van der Waals surface area contributed by atoms with Gasteiger partial charge in [-0.3, -0.25) is 0 Å². The van der Waals surface area contributed by atoms with Crippen LogP contribution in [0.3, 0.4) is 0 Å². The summed E-state index contributed by atoms with van der Waals surface area (Å²) < 4.78 is 2.02. The Morgan fingerprint density at radius 1 is 0.955 bits per heavy atom. The second kappa shape index (κ2) is 5.00. The first kappa shape index (κ1) is 12.6. The van der Waals surface area contributed by atoms with Gasteiger partial charge in [0, 0.05) is 24.2 Å². The molecule has 4 rings (SSSR count). The molecule has 3 aromatic heterocycles. The molecule has 0 amide bonds. The Kier molecular flexibility index (Phi) is 2.86. The zero-order valence-corrected chi connectivity index (χ0v) is 11.8. The largest absolute Gasteiger partial charge is 0.384 e. The molecule has 0 unspecified atom stereocenters. The predicted molar refractivity (Wildman–Crippen MR) is 87.1 cm³/mol. The van der Waals surface area contributed by atoms with Crippen LogP contribution in [-0.4, -0.2) is 14.4 Å². The summed E-state index contributed by atoms with van der Waals surface area (Å²) in [5.74, 6) is 0.509. The highest BCUT2D eigenvalue weighted by atomic mass is 15.0. The molecule has 0 aliphatic rings. The minimum Gasteiger partial charge on any atom is -0.384 e. The molecule has 0 aliphatic carbocycles. The van der Waals surface area contributed by atoms with E-state index in [1.807, 2.05) is 40.9 Å². The molecule has 0 atom stereocenters. The second-order valence-corrected chi connectivity index (χ2v) is 5.07. The van der Waals surface area contributed by atoms with E-state index in [9.17, 15) is 0 Å². The van der Waals surface area contributed by atoms with Gasteiger partial charge in [-0.1, -0.05) is 18.2 Å². The van der Waals surface area contributed by atoms with Gasteiger partial charge in [0.1, 0.15) is 11.5 Å². The minimum atomic E-state index is 0.509. The SMILES string of the molecule is Nc1ccc(-c2cn3cc(-c4c[c]ccc4)ccc3n2)cn1. The zero-order valence-electron chi connectivity index (χ0n) is 11.8. The highest BCUT2D eigenvalue weighted by Crippen LogP contribution is 2.23. The summed E-state index contributed by atoms with van der Waals surface area (Å²) in [5, 5.41) is 0. The standard InChI is InChI=1S/C18H13N4/c19-17-8-6-14(10-20-17)16-12-22-11-15(7-9-18(22)21-16)13-4-2-1-3-5-13/h1-2,4-12H,(H2,19,20). The molecular weight excluding hydrogens is 272 g/mol. The average Bonchev–Trinajstić information content (AvgIpc) is 2.99. The summed E-state index contributed by atoms with van der Waals surface area (Å²) >= 11 is 0. The Morgan fingerprint density at radius 2 is 1.86 bits per heavy atom. The van der Waals surface area contributed by atoms with Gasteiger partial charge in [0.05, 0.1) is 5.69 Å². The lowest BCUT2D eigenvalue weighted by molar-refractivity contribution is 1.19. The predicted octanol–water partition coefficient (Wildman–Crippen LogP) is 3.45. The summed E-state index contributed by atoms with van der Waals surface area (Å²) in [7, 11) is 0. The summed E-state index contributed by atoms with van der Waals surface area (Å²) in [5.41, 5.74) is 10.6. The maximum Gasteiger partial charge on any atom is 0.137 e. The number of nitrogens with two attached hydrogens (primary N) is 1. The van der Waals surface area contributed by atoms with E-state index in [0.29, 0.717) is 5.82 Å². The van der Waals surface area contributed by atoms with Crippen LogP contribution in [0.15, 0.2) is 67.1 Å². The van der Waals surface area contributed by atoms with Crippen molar-refractivity contribution in [2.75, 3.05) is 5.73 Å². The molecule has 4 nitrogen and oxygen atoms in total. The molecule has 105 valence electrons. The van der Waals surface area contributed by atoms with Gasteiger partial charge in [0.15, 0.2) is 0 Å². The van der Waals surface area contributed by atoms with E-state index in [4.69, 9.17) is 5.73 Å². The quantitative estimate of drug-likeness (QED) is 0.613. The highest BCUT2D eigenvalue weighted by molar-refractivity contribution is 5.67. The molecule has 0 saturated carbocycles. The van der Waals surface area contributed by atoms with Gasteiger partial charge < -0.3 is 10.1 Å². The van der Waals surface area contributed by atoms with Gasteiger partial charge in [-0.15, -0.1) is 0 Å². The van der Waals surface area contributed by atoms with Crippen molar-refractivity contribution in [1.29, 1.82) is 0 Å². The molecular formula is C18H13N4. The third-order valence-corrected chi connectivity index (χ3v) is 3.57. The van der Waals surface area contributed by atoms with Crippen LogP contribution in [0.25, 0.3) is 28.0 Å². The van der Waals surface area contributed by atoms with Crippen molar-refractivity contribution >= 4 is 11.5 Å². The minimum absolute atomic E-state index is 0.509. The first-order valence-electron chi connectivity index (χ1n) is 6.97. The third kappa shape index (κ3) is 2.20. The molecule has 4 heteroatoms. The average molecular weight is 285 g/mol. The fourth-order valence-electron chi connectivity index (χ4n) is 2.43. The van der Waals surface area contributed by atoms with Crippen LogP contribution in [0.5, 0.6) is 0 Å². The molecule has 4 aromatic rings. The number of nitrogen functional groups attached to an aromatic ring is 1. The zero-order chi connectivity index (χ0) is 14.9. The summed E-state index contributed by atoms with van der Waals surface area (Å²) in [6, 6.07) is 18.8. The van der Waals surface area contributed by atoms with Crippen LogP contribution in [-0.2, 0) is 0 Å². The van der Waals surface area contributed by atoms with E-state index in [2.05, 4.69) is 34.4 Å². The van der Waals surface area contributed by atoms with Crippen LogP contribution >= 0.6 is 0 Å². The van der Waals surface area contributed by atoms with Crippen LogP contribution in [0.1, 0.15) is 0 Å². The van der Waals surface area contributed by atoms with Crippen LogP contribution in [0, 0.1) is 6.07 Å². The topological polar surface area (TPSA) is 56.2 Å². The molecule has 0 fully saturated rings. The molecule has 0 aliphatic heterocycles. The summed E-state index contributed by atoms with van der Waals surface area (Å²) in [6.45, 7) is 0. The van der Waals surface area contributed by atoms with Crippen molar-refractivity contribution in [2.45, 2.75) is 0 Å². The van der Waals surface area contributed by atoms with Crippen molar-refractivity contribution < 1.29 is 0 Å². The van der Waals surface area contributed by atoms with Crippen molar-refractivity contribution in [3.05, 3.63) is 73.2 Å². The Morgan fingerprint density at radius 3 is 2.64 bits per heavy atom. The van der Waals surface area contributed by atoms with E-state index in [1.54, 1.807) is 12.3 Å². The number of hydrogen-bond acceptors (Lipinski definition) is 3. The molecule has 0 saturated heterocycles. The van der Waals surface area contributed by atoms with Crippen LogP contribution in [0.2, 0.25) is 0 Å². The van der Waals surface area contributed by atoms with Crippen molar-refractivity contribution in [2.24, 2.45) is 0 Å². The van der Waals surface area contributed by atoms with Crippen LogP contribution < -0.4 is 5.73 Å². The monoisotopic (exact) mass is 285 g/mol. The number of anilines is 1. The van der Waals surface area contributed by atoms with E-state index in [-0.39, 0.29) is 0 Å². The first-order chi connectivity index (χ1) is 10.8. The van der Waals surface area contributed by atoms with E-state index in [0.717, 1.165) is 28.0 Å². The number of imidazole rings is 1. The van der Waals surface area contributed by atoms with E-state index in [1.165, 1.54) is 0 Å². The van der Waals surface area contributed by atoms with E-state index < -0.39 is 0 Å². The normalized spacial score (nSPS) is 10.9. The number of benzene rings is 1.